The van der Waals surface area contributed by atoms with E-state index < -0.39 is 38.9 Å². The number of rotatable bonds is 35. The van der Waals surface area contributed by atoms with E-state index >= 15 is 0 Å². The third-order valence-electron chi connectivity index (χ3n) is 10.6. The van der Waals surface area contributed by atoms with Gasteiger partial charge in [0.05, 0.1) is 33.4 Å². The van der Waals surface area contributed by atoms with Crippen molar-refractivity contribution in [3.8, 4) is 0 Å². The zero-order valence-electron chi connectivity index (χ0n) is 36.2. The number of ketones is 1. The monoisotopic (exact) mass is 829 g/mol. The summed E-state index contributed by atoms with van der Waals surface area (Å²) in [5.41, 5.74) is 0.627. The van der Waals surface area contributed by atoms with E-state index in [1.54, 1.807) is 0 Å². The van der Waals surface area contributed by atoms with Crippen LogP contribution in [0, 0.1) is 5.92 Å². The molecular formula is C44H79NO11P+. The highest BCUT2D eigenvalue weighted by Crippen LogP contribution is 2.47. The smallest absolute Gasteiger partial charge is 0.377 e. The van der Waals surface area contributed by atoms with Gasteiger partial charge in [-0.2, -0.15) is 13.9 Å². The van der Waals surface area contributed by atoms with Crippen LogP contribution < -0.4 is 4.89 Å². The molecule has 1 aliphatic carbocycles. The summed E-state index contributed by atoms with van der Waals surface area (Å²) in [7, 11) is 1.33. The molecular weight excluding hydrogens is 749 g/mol. The molecule has 0 aromatic heterocycles. The lowest BCUT2D eigenvalue weighted by Gasteiger charge is -2.26. The highest BCUT2D eigenvalue weighted by atomic mass is 31.2. The predicted molar refractivity (Wildman–Crippen MR) is 223 cm³/mol. The van der Waals surface area contributed by atoms with Crippen LogP contribution in [0.4, 0.5) is 0 Å². The Morgan fingerprint density at radius 2 is 1.44 bits per heavy atom. The third kappa shape index (κ3) is 25.5. The molecule has 0 aromatic carbocycles. The van der Waals surface area contributed by atoms with E-state index in [0.29, 0.717) is 42.3 Å². The van der Waals surface area contributed by atoms with Crippen molar-refractivity contribution in [3.05, 3.63) is 23.8 Å². The molecule has 2 N–H and O–H groups in total. The first-order chi connectivity index (χ1) is 27.2. The van der Waals surface area contributed by atoms with Gasteiger partial charge in [-0.25, -0.2) is 0 Å². The zero-order valence-corrected chi connectivity index (χ0v) is 37.1. The molecule has 0 spiro atoms. The minimum atomic E-state index is -4.45. The van der Waals surface area contributed by atoms with E-state index in [1.807, 2.05) is 27.2 Å². The zero-order chi connectivity index (χ0) is 41.9. The van der Waals surface area contributed by atoms with E-state index in [9.17, 15) is 29.3 Å². The van der Waals surface area contributed by atoms with Gasteiger partial charge < -0.3 is 28.7 Å². The number of hydrogen-bond donors (Lipinski definition) is 2. The van der Waals surface area contributed by atoms with E-state index in [4.69, 9.17) is 23.3 Å². The summed E-state index contributed by atoms with van der Waals surface area (Å²) >= 11 is 0. The molecule has 5 unspecified atom stereocenters. The molecule has 57 heavy (non-hydrogen) atoms. The number of phosphoric acid groups is 1. The Kier molecular flexibility index (Phi) is 26.6. The van der Waals surface area contributed by atoms with Gasteiger partial charge >= 0.3 is 20.1 Å². The normalized spacial score (nSPS) is 22.0. The molecule has 12 nitrogen and oxygen atoms in total. The van der Waals surface area contributed by atoms with Crippen molar-refractivity contribution in [3.63, 3.8) is 0 Å². The van der Waals surface area contributed by atoms with Crippen molar-refractivity contribution in [1.82, 2.24) is 0 Å². The standard InChI is InChI=1S/C44H78NO11P/c1-6-8-10-12-14-15-16-17-18-19-20-22-24-28-43(48)52-34-36(35-54-57(50,51)53-31-30-45(3,4)5)55-44(49)29-25-27-41-42(56-41)32-38-37(39(46)33-40(38)47)26-23-21-13-11-9-7-2/h21,23,32,36-37,39,41-42,46H,6-20,22,24-31,33-35H2,1-5H3/p+1/b23-21-,38-32-/t36-,37?,39?,41?,42?/m1/s1. The molecule has 0 amide bonds. The van der Waals surface area contributed by atoms with Crippen LogP contribution in [0.25, 0.3) is 0 Å². The number of unbranched alkanes of at least 4 members (excludes halogenated alkanes) is 15. The lowest BCUT2D eigenvalue weighted by atomic mass is 9.95. The van der Waals surface area contributed by atoms with Gasteiger partial charge in [-0.15, -0.1) is 0 Å². The number of aliphatic hydroxyl groups excluding tert-OH is 1. The number of nitrogens with zero attached hydrogens (tertiary/aromatic N) is 1. The van der Waals surface area contributed by atoms with Gasteiger partial charge in [0.1, 0.15) is 32.5 Å². The van der Waals surface area contributed by atoms with Crippen LogP contribution >= 0.6 is 8.17 Å². The fourth-order valence-corrected chi connectivity index (χ4v) is 7.69. The second kappa shape index (κ2) is 29.5. The molecule has 1 saturated carbocycles. The largest absolute Gasteiger partial charge is 0.606 e. The molecule has 0 bridgehead atoms. The Balaban J connectivity index is 1.76. The Bertz CT molecular complexity index is 1190. The maximum atomic E-state index is 12.9. The molecule has 6 atom stereocenters. The van der Waals surface area contributed by atoms with Crippen molar-refractivity contribution in [1.29, 1.82) is 0 Å². The third-order valence-corrected chi connectivity index (χ3v) is 11.6. The summed E-state index contributed by atoms with van der Waals surface area (Å²) in [5.74, 6) is -1.27. The first-order valence-corrected chi connectivity index (χ1v) is 23.7. The number of esters is 2. The number of aliphatic hydroxyl groups is 1. The molecule has 13 heteroatoms. The van der Waals surface area contributed by atoms with Crippen molar-refractivity contribution in [2.45, 2.75) is 186 Å². The highest BCUT2D eigenvalue weighted by molar-refractivity contribution is 7.52. The van der Waals surface area contributed by atoms with Gasteiger partial charge in [-0.3, -0.25) is 14.4 Å². The maximum absolute atomic E-state index is 12.9. The average Bonchev–Trinajstić information content (AvgIpc) is 3.83. The van der Waals surface area contributed by atoms with E-state index in [2.05, 4.69) is 26.0 Å². The highest BCUT2D eigenvalue weighted by Gasteiger charge is 2.42. The Hall–Kier alpha value is -1.76. The summed E-state index contributed by atoms with van der Waals surface area (Å²) in [6.45, 7) is 4.08. The lowest BCUT2D eigenvalue weighted by Crippen LogP contribution is -2.38. The number of likely N-dealkylation sites (N-methyl/N-ethyl adjacent to an activating group) is 1. The first-order valence-electron chi connectivity index (χ1n) is 22.3. The second-order valence-corrected chi connectivity index (χ2v) is 18.5. The number of epoxide rings is 1. The Morgan fingerprint density at radius 3 is 2.07 bits per heavy atom. The van der Waals surface area contributed by atoms with Gasteiger partial charge in [-0.05, 0) is 50.2 Å². The fraction of sp³-hybridized carbons (Fsp3) is 0.841. The van der Waals surface area contributed by atoms with Crippen LogP contribution in [0.3, 0.4) is 0 Å². The van der Waals surface area contributed by atoms with Gasteiger partial charge in [0.15, 0.2) is 11.9 Å². The number of phosphoric ester groups is 1. The average molecular weight is 829 g/mol. The quantitative estimate of drug-likeness (QED) is 0.0121. The first kappa shape index (κ1) is 51.4. The molecule has 2 fully saturated rings. The maximum Gasteiger partial charge on any atom is 0.377 e. The van der Waals surface area contributed by atoms with Crippen LogP contribution in [0.5, 0.6) is 0 Å². The minimum absolute atomic E-state index is 0.0116. The van der Waals surface area contributed by atoms with Crippen LogP contribution in [-0.2, 0) is 37.6 Å². The van der Waals surface area contributed by atoms with Crippen molar-refractivity contribution in [2.24, 2.45) is 5.92 Å². The SMILES string of the molecule is CCCCC/C=C\CC1/C(=C/C2OC2CCCC(=O)O[C@H](COC(=O)CCCCCCCCCCCCCCC)CO[P+]([O-])(O)OCC[N+](C)(C)C)C(=O)CC1O. The second-order valence-electron chi connectivity index (χ2n) is 17.1. The van der Waals surface area contributed by atoms with Crippen molar-refractivity contribution >= 4 is 25.9 Å². The molecule has 330 valence electrons. The Morgan fingerprint density at radius 1 is 0.842 bits per heavy atom. The summed E-state index contributed by atoms with van der Waals surface area (Å²) in [4.78, 5) is 60.8. The summed E-state index contributed by atoms with van der Waals surface area (Å²) in [6.07, 6.45) is 26.0. The topological polar surface area (TPSA) is 164 Å². The number of ether oxygens (including phenoxy) is 3. The number of carbonyl (C=O) groups excluding carboxylic acids is 3. The van der Waals surface area contributed by atoms with E-state index in [1.165, 1.54) is 64.2 Å². The minimum Gasteiger partial charge on any atom is -0.606 e. The fourth-order valence-electron chi connectivity index (χ4n) is 6.95. The molecule has 2 aliphatic rings. The number of Topliss-reactive ketones (excluding diaryl/α,β-unsaturated/α-hetero) is 1. The number of quaternary nitrogens is 1. The number of carbonyl (C=O) groups is 3. The molecule has 1 heterocycles. The summed E-state index contributed by atoms with van der Waals surface area (Å²) in [5, 5.41) is 10.5. The lowest BCUT2D eigenvalue weighted by molar-refractivity contribution is -0.870. The van der Waals surface area contributed by atoms with Crippen molar-refractivity contribution in [2.75, 3.05) is 47.5 Å². The van der Waals surface area contributed by atoms with Gasteiger partial charge in [-0.1, -0.05) is 116 Å². The van der Waals surface area contributed by atoms with Gasteiger partial charge in [0, 0.05) is 25.2 Å². The van der Waals surface area contributed by atoms with Crippen LogP contribution in [0.15, 0.2) is 23.8 Å². The van der Waals surface area contributed by atoms with Gasteiger partial charge in [0.25, 0.3) is 0 Å². The molecule has 0 aromatic rings. The van der Waals surface area contributed by atoms with Crippen LogP contribution in [0.2, 0.25) is 0 Å². The van der Waals surface area contributed by atoms with Gasteiger partial charge in [0.2, 0.25) is 0 Å². The molecule has 0 radical (unpaired) electrons. The number of hydrogen-bond acceptors (Lipinski definition) is 11. The van der Waals surface area contributed by atoms with E-state index in [0.717, 1.165) is 38.5 Å². The molecule has 2 rings (SSSR count). The molecule has 1 saturated heterocycles. The predicted octanol–water partition coefficient (Wildman–Crippen LogP) is 8.03. The summed E-state index contributed by atoms with van der Waals surface area (Å²) in [6, 6.07) is 0. The van der Waals surface area contributed by atoms with Crippen LogP contribution in [0.1, 0.15) is 162 Å². The molecule has 1 aliphatic heterocycles. The Labute approximate surface area is 345 Å². The van der Waals surface area contributed by atoms with Crippen LogP contribution in [-0.4, -0.2) is 104 Å². The summed E-state index contributed by atoms with van der Waals surface area (Å²) < 4.78 is 27.6. The van der Waals surface area contributed by atoms with E-state index in [-0.39, 0.29) is 56.4 Å². The van der Waals surface area contributed by atoms with Crippen molar-refractivity contribution < 1.29 is 57.0 Å². The number of allylic oxidation sites excluding steroid dienone is 2.